The predicted octanol–water partition coefficient (Wildman–Crippen LogP) is 5.06. The van der Waals surface area contributed by atoms with Crippen molar-refractivity contribution in [3.63, 3.8) is 0 Å². The van der Waals surface area contributed by atoms with Gasteiger partial charge >= 0.3 is 0 Å². The Morgan fingerprint density at radius 2 is 1.63 bits per heavy atom. The zero-order valence-corrected chi connectivity index (χ0v) is 13.1. The van der Waals surface area contributed by atoms with E-state index >= 15 is 0 Å². The molecule has 0 amide bonds. The lowest BCUT2D eigenvalue weighted by atomic mass is 9.99. The molecule has 0 N–H and O–H groups in total. The molecule has 0 radical (unpaired) electrons. The highest BCUT2D eigenvalue weighted by molar-refractivity contribution is 7.09. The minimum Gasteiger partial charge on any atom is -0.295 e. The Bertz CT molecular complexity index is 484. The van der Waals surface area contributed by atoms with Gasteiger partial charge < -0.3 is 0 Å². The lowest BCUT2D eigenvalue weighted by molar-refractivity contribution is 0.255. The summed E-state index contributed by atoms with van der Waals surface area (Å²) in [6.45, 7) is 7.77. The third kappa shape index (κ3) is 3.68. The van der Waals surface area contributed by atoms with Crippen molar-refractivity contribution in [3.8, 4) is 0 Å². The molecule has 102 valence electrons. The van der Waals surface area contributed by atoms with E-state index in [0.29, 0.717) is 12.0 Å². The summed E-state index contributed by atoms with van der Waals surface area (Å²) >= 11 is 1.83. The number of hydrogen-bond acceptors (Lipinski definition) is 2. The van der Waals surface area contributed by atoms with E-state index in [1.165, 1.54) is 16.0 Å². The van der Waals surface area contributed by atoms with Crippen LogP contribution in [-0.2, 0) is 6.54 Å². The fourth-order valence-electron chi connectivity index (χ4n) is 2.20. The van der Waals surface area contributed by atoms with Gasteiger partial charge in [0, 0.05) is 17.5 Å². The average molecular weight is 273 g/mol. The van der Waals surface area contributed by atoms with E-state index in [4.69, 9.17) is 0 Å². The first kappa shape index (κ1) is 14.3. The summed E-state index contributed by atoms with van der Waals surface area (Å²) in [6.07, 6.45) is 0. The highest BCUT2D eigenvalue weighted by Gasteiger charge is 2.12. The van der Waals surface area contributed by atoms with Crippen LogP contribution in [-0.4, -0.2) is 11.9 Å². The molecule has 2 heteroatoms. The van der Waals surface area contributed by atoms with E-state index in [0.717, 1.165) is 6.54 Å². The third-order valence-corrected chi connectivity index (χ3v) is 4.59. The highest BCUT2D eigenvalue weighted by Crippen LogP contribution is 2.24. The molecule has 0 aliphatic heterocycles. The fourth-order valence-corrected chi connectivity index (χ4v) is 2.97. The molecule has 2 rings (SSSR count). The largest absolute Gasteiger partial charge is 0.295 e. The molecule has 0 bridgehead atoms. The minimum absolute atomic E-state index is 0.448. The Labute approximate surface area is 120 Å². The van der Waals surface area contributed by atoms with Crippen molar-refractivity contribution in [2.45, 2.75) is 39.3 Å². The molecule has 0 saturated heterocycles. The third-order valence-electron chi connectivity index (χ3n) is 3.73. The van der Waals surface area contributed by atoms with Gasteiger partial charge in [-0.1, -0.05) is 44.2 Å². The van der Waals surface area contributed by atoms with Crippen LogP contribution in [0.5, 0.6) is 0 Å². The quantitative estimate of drug-likeness (QED) is 0.735. The second-order valence-electron chi connectivity index (χ2n) is 5.49. The Morgan fingerprint density at radius 1 is 1.00 bits per heavy atom. The molecule has 1 heterocycles. The van der Waals surface area contributed by atoms with Crippen molar-refractivity contribution >= 4 is 11.3 Å². The van der Waals surface area contributed by atoms with Crippen molar-refractivity contribution in [2.75, 3.05) is 7.05 Å². The lowest BCUT2D eigenvalue weighted by Gasteiger charge is -2.25. The SMILES string of the molecule is CC(C)c1ccc([C@@H](C)N(C)Cc2cccs2)cc1. The lowest BCUT2D eigenvalue weighted by Crippen LogP contribution is -2.21. The number of nitrogens with zero attached hydrogens (tertiary/aromatic N) is 1. The van der Waals surface area contributed by atoms with Crippen LogP contribution in [0.2, 0.25) is 0 Å². The van der Waals surface area contributed by atoms with Crippen molar-refractivity contribution in [3.05, 3.63) is 57.8 Å². The zero-order chi connectivity index (χ0) is 13.8. The normalized spacial score (nSPS) is 13.2. The molecule has 1 aromatic carbocycles. The Balaban J connectivity index is 2.04. The van der Waals surface area contributed by atoms with E-state index in [1.807, 2.05) is 11.3 Å². The van der Waals surface area contributed by atoms with Crippen molar-refractivity contribution in [2.24, 2.45) is 0 Å². The molecule has 0 fully saturated rings. The van der Waals surface area contributed by atoms with Gasteiger partial charge in [-0.05, 0) is 42.5 Å². The topological polar surface area (TPSA) is 3.24 Å². The van der Waals surface area contributed by atoms with Crippen LogP contribution in [0.3, 0.4) is 0 Å². The molecule has 0 aliphatic carbocycles. The standard InChI is InChI=1S/C17H23NS/c1-13(2)15-7-9-16(10-8-15)14(3)18(4)12-17-6-5-11-19-17/h5-11,13-14H,12H2,1-4H3/t14-/m1/s1. The molecule has 0 spiro atoms. The second-order valence-corrected chi connectivity index (χ2v) is 6.52. The summed E-state index contributed by atoms with van der Waals surface area (Å²) < 4.78 is 0. The Hall–Kier alpha value is -1.12. The minimum atomic E-state index is 0.448. The molecule has 1 atom stereocenters. The molecule has 1 nitrogen and oxygen atoms in total. The first-order valence-electron chi connectivity index (χ1n) is 6.90. The van der Waals surface area contributed by atoms with E-state index < -0.39 is 0 Å². The van der Waals surface area contributed by atoms with E-state index in [1.54, 1.807) is 0 Å². The summed E-state index contributed by atoms with van der Waals surface area (Å²) in [7, 11) is 2.20. The molecule has 0 saturated carbocycles. The van der Waals surface area contributed by atoms with Gasteiger partial charge in [-0.2, -0.15) is 0 Å². The summed E-state index contributed by atoms with van der Waals surface area (Å²) in [5.74, 6) is 0.605. The molecule has 0 aliphatic rings. The van der Waals surface area contributed by atoms with Gasteiger partial charge in [0.1, 0.15) is 0 Å². The molecular weight excluding hydrogens is 250 g/mol. The van der Waals surface area contributed by atoms with Crippen molar-refractivity contribution in [1.82, 2.24) is 4.90 Å². The second kappa shape index (κ2) is 6.36. The first-order valence-corrected chi connectivity index (χ1v) is 7.78. The summed E-state index contributed by atoms with van der Waals surface area (Å²) in [6, 6.07) is 13.8. The summed E-state index contributed by atoms with van der Waals surface area (Å²) in [5, 5.41) is 2.14. The van der Waals surface area contributed by atoms with Crippen LogP contribution in [0, 0.1) is 0 Å². The smallest absolute Gasteiger partial charge is 0.0330 e. The maximum absolute atomic E-state index is 2.40. The van der Waals surface area contributed by atoms with E-state index in [-0.39, 0.29) is 0 Å². The maximum Gasteiger partial charge on any atom is 0.0330 e. The summed E-state index contributed by atoms with van der Waals surface area (Å²) in [4.78, 5) is 3.82. The zero-order valence-electron chi connectivity index (χ0n) is 12.3. The summed E-state index contributed by atoms with van der Waals surface area (Å²) in [5.41, 5.74) is 2.81. The molecule has 1 aromatic heterocycles. The van der Waals surface area contributed by atoms with Gasteiger partial charge in [-0.3, -0.25) is 4.90 Å². The van der Waals surface area contributed by atoms with Gasteiger partial charge in [0.05, 0.1) is 0 Å². The van der Waals surface area contributed by atoms with Gasteiger partial charge in [-0.15, -0.1) is 11.3 Å². The number of thiophene rings is 1. The highest BCUT2D eigenvalue weighted by atomic mass is 32.1. The van der Waals surface area contributed by atoms with E-state index in [9.17, 15) is 0 Å². The van der Waals surface area contributed by atoms with Gasteiger partial charge in [-0.25, -0.2) is 0 Å². The van der Waals surface area contributed by atoms with Crippen LogP contribution in [0.25, 0.3) is 0 Å². The van der Waals surface area contributed by atoms with Crippen molar-refractivity contribution < 1.29 is 0 Å². The monoisotopic (exact) mass is 273 g/mol. The van der Waals surface area contributed by atoms with Crippen LogP contribution in [0.15, 0.2) is 41.8 Å². The first-order chi connectivity index (χ1) is 9.08. The number of hydrogen-bond donors (Lipinski definition) is 0. The Morgan fingerprint density at radius 3 is 2.16 bits per heavy atom. The fraction of sp³-hybridized carbons (Fsp3) is 0.412. The predicted molar refractivity (Wildman–Crippen MR) is 84.7 cm³/mol. The average Bonchev–Trinajstić information content (AvgIpc) is 2.90. The van der Waals surface area contributed by atoms with E-state index in [2.05, 4.69) is 74.5 Å². The number of rotatable bonds is 5. The molecule has 0 unspecified atom stereocenters. The van der Waals surface area contributed by atoms with Crippen molar-refractivity contribution in [1.29, 1.82) is 0 Å². The maximum atomic E-state index is 2.40. The molecular formula is C17H23NS. The molecule has 2 aromatic rings. The molecule has 19 heavy (non-hydrogen) atoms. The number of benzene rings is 1. The Kier molecular flexibility index (Phi) is 4.78. The van der Waals surface area contributed by atoms with Crippen LogP contribution < -0.4 is 0 Å². The van der Waals surface area contributed by atoms with Gasteiger partial charge in [0.2, 0.25) is 0 Å². The van der Waals surface area contributed by atoms with Gasteiger partial charge in [0.25, 0.3) is 0 Å². The van der Waals surface area contributed by atoms with Crippen LogP contribution in [0.1, 0.15) is 48.7 Å². The van der Waals surface area contributed by atoms with Crippen LogP contribution in [0.4, 0.5) is 0 Å². The van der Waals surface area contributed by atoms with Gasteiger partial charge in [0.15, 0.2) is 0 Å². The van der Waals surface area contributed by atoms with Crippen LogP contribution >= 0.6 is 11.3 Å².